The number of guanidine groups is 1. The third-order valence-corrected chi connectivity index (χ3v) is 4.31. The van der Waals surface area contributed by atoms with Crippen LogP contribution in [0.5, 0.6) is 0 Å². The number of rotatable bonds is 3. The molecular formula is C19H24ClN5O2. The second-order valence-electron chi connectivity index (χ2n) is 6.28. The summed E-state index contributed by atoms with van der Waals surface area (Å²) in [5, 5.41) is 0. The smallest absolute Gasteiger partial charge is 0.258 e. The lowest BCUT2D eigenvalue weighted by Gasteiger charge is -2.18. The molecule has 3 rings (SSSR count). The Hall–Kier alpha value is -2.64. The highest BCUT2D eigenvalue weighted by Crippen LogP contribution is 2.22. The van der Waals surface area contributed by atoms with Gasteiger partial charge in [-0.25, -0.2) is 9.98 Å². The van der Waals surface area contributed by atoms with Gasteiger partial charge in [0.2, 0.25) is 5.96 Å². The lowest BCUT2D eigenvalue weighted by Crippen LogP contribution is -2.22. The van der Waals surface area contributed by atoms with Gasteiger partial charge in [-0.2, -0.15) is 0 Å². The summed E-state index contributed by atoms with van der Waals surface area (Å²) in [6.45, 7) is 1.40. The molecular weight excluding hydrogens is 366 g/mol. The van der Waals surface area contributed by atoms with Crippen LogP contribution < -0.4 is 17.0 Å². The van der Waals surface area contributed by atoms with Crippen molar-refractivity contribution in [1.29, 1.82) is 0 Å². The minimum atomic E-state index is -0.121. The van der Waals surface area contributed by atoms with Crippen molar-refractivity contribution in [2.75, 3.05) is 18.9 Å². The van der Waals surface area contributed by atoms with Crippen LogP contribution in [0.15, 0.2) is 51.3 Å². The number of hydrogen-bond acceptors (Lipinski definition) is 4. The number of aliphatic imine (C=N–C) groups is 2. The van der Waals surface area contributed by atoms with Gasteiger partial charge in [-0.1, -0.05) is 18.2 Å². The molecule has 2 aromatic rings. The standard InChI is InChI=1S/C19H23N5O2.ClH/c1-24-12-13(11-22-19(21)23-14-6-8-26-9-7-14)10-16(18(24)25)15-4-2-3-5-17(15)20;/h2-5,10-12,14H,6-9,20H2,1H3,(H2,21,23);1H. The highest BCUT2D eigenvalue weighted by atomic mass is 35.5. The van der Waals surface area contributed by atoms with E-state index in [0.717, 1.165) is 18.4 Å². The molecule has 0 atom stereocenters. The van der Waals surface area contributed by atoms with E-state index in [1.54, 1.807) is 31.6 Å². The molecule has 8 heteroatoms. The zero-order valence-corrected chi connectivity index (χ0v) is 16.0. The van der Waals surface area contributed by atoms with E-state index in [2.05, 4.69) is 9.98 Å². The molecule has 0 spiro atoms. The van der Waals surface area contributed by atoms with Crippen LogP contribution in [-0.2, 0) is 11.8 Å². The van der Waals surface area contributed by atoms with Crippen LogP contribution >= 0.6 is 12.4 Å². The summed E-state index contributed by atoms with van der Waals surface area (Å²) in [5.41, 5.74) is 14.3. The fourth-order valence-electron chi connectivity index (χ4n) is 2.92. The van der Waals surface area contributed by atoms with Crippen molar-refractivity contribution in [3.8, 4) is 11.1 Å². The number of benzene rings is 1. The quantitative estimate of drug-likeness (QED) is 0.475. The van der Waals surface area contributed by atoms with Gasteiger partial charge >= 0.3 is 0 Å². The maximum Gasteiger partial charge on any atom is 0.258 e. The molecule has 0 radical (unpaired) electrons. The summed E-state index contributed by atoms with van der Waals surface area (Å²) in [6.07, 6.45) is 5.03. The summed E-state index contributed by atoms with van der Waals surface area (Å²) in [5.74, 6) is 0.228. The number of nitrogens with zero attached hydrogens (tertiary/aromatic N) is 3. The van der Waals surface area contributed by atoms with Gasteiger partial charge in [0, 0.05) is 55.1 Å². The Morgan fingerprint density at radius 3 is 2.67 bits per heavy atom. The van der Waals surface area contributed by atoms with Gasteiger partial charge in [0.05, 0.1) is 6.04 Å². The van der Waals surface area contributed by atoms with Gasteiger partial charge in [0.1, 0.15) is 0 Å². The second kappa shape index (κ2) is 9.34. The zero-order valence-electron chi connectivity index (χ0n) is 15.2. The first-order valence-electron chi connectivity index (χ1n) is 8.55. The van der Waals surface area contributed by atoms with Gasteiger partial charge in [-0.05, 0) is 25.0 Å². The van der Waals surface area contributed by atoms with Crippen LogP contribution in [0.1, 0.15) is 18.4 Å². The third-order valence-electron chi connectivity index (χ3n) is 4.31. The minimum absolute atomic E-state index is 0. The molecule has 0 bridgehead atoms. The number of nitrogens with two attached hydrogens (primary N) is 2. The SMILES string of the molecule is Cl.Cn1cc(C=NC(N)=NC2CCOCC2)cc(-c2ccccc2N)c1=O. The average Bonchev–Trinajstić information content (AvgIpc) is 2.64. The predicted octanol–water partition coefficient (Wildman–Crippen LogP) is 1.97. The van der Waals surface area contributed by atoms with Crippen LogP contribution in [-0.4, -0.2) is 36.0 Å². The van der Waals surface area contributed by atoms with Gasteiger partial charge in [0.15, 0.2) is 0 Å². The van der Waals surface area contributed by atoms with Crippen molar-refractivity contribution >= 4 is 30.3 Å². The summed E-state index contributed by atoms with van der Waals surface area (Å²) in [6, 6.07) is 9.20. The van der Waals surface area contributed by atoms with E-state index in [-0.39, 0.29) is 30.0 Å². The first-order chi connectivity index (χ1) is 12.5. The van der Waals surface area contributed by atoms with E-state index in [4.69, 9.17) is 16.2 Å². The molecule has 7 nitrogen and oxygen atoms in total. The van der Waals surface area contributed by atoms with Crippen molar-refractivity contribution in [2.45, 2.75) is 18.9 Å². The summed E-state index contributed by atoms with van der Waals surface area (Å²) >= 11 is 0. The van der Waals surface area contributed by atoms with E-state index >= 15 is 0 Å². The number of para-hydroxylation sites is 1. The van der Waals surface area contributed by atoms with Crippen LogP contribution in [0.25, 0.3) is 11.1 Å². The molecule has 4 N–H and O–H groups in total. The molecule has 0 aliphatic carbocycles. The highest BCUT2D eigenvalue weighted by Gasteiger charge is 2.12. The molecule has 2 heterocycles. The van der Waals surface area contributed by atoms with Gasteiger partial charge in [-0.15, -0.1) is 12.4 Å². The monoisotopic (exact) mass is 389 g/mol. The molecule has 144 valence electrons. The Bertz CT molecular complexity index is 901. The van der Waals surface area contributed by atoms with Crippen molar-refractivity contribution in [1.82, 2.24) is 4.57 Å². The average molecular weight is 390 g/mol. The number of aryl methyl sites for hydroxylation is 1. The third kappa shape index (κ3) is 5.18. The molecule has 0 saturated carbocycles. The first kappa shape index (κ1) is 20.7. The van der Waals surface area contributed by atoms with E-state index in [1.807, 2.05) is 18.2 Å². The topological polar surface area (TPSA) is 108 Å². The number of anilines is 1. The number of nitrogen functional groups attached to an aromatic ring is 1. The fraction of sp³-hybridized carbons (Fsp3) is 0.316. The number of pyridine rings is 1. The van der Waals surface area contributed by atoms with Crippen molar-refractivity contribution in [2.24, 2.45) is 22.8 Å². The van der Waals surface area contributed by atoms with Crippen LogP contribution in [0.4, 0.5) is 5.69 Å². The highest BCUT2D eigenvalue weighted by molar-refractivity contribution is 5.93. The number of ether oxygens (including phenoxy) is 1. The molecule has 0 unspecified atom stereocenters. The molecule has 1 saturated heterocycles. The van der Waals surface area contributed by atoms with Gasteiger partial charge in [0.25, 0.3) is 5.56 Å². The number of aromatic nitrogens is 1. The Balaban J connectivity index is 0.00000261. The Kier molecular flexibility index (Phi) is 7.15. The van der Waals surface area contributed by atoms with E-state index in [1.165, 1.54) is 4.57 Å². The van der Waals surface area contributed by atoms with Gasteiger partial charge < -0.3 is 20.8 Å². The molecule has 1 aromatic heterocycles. The van der Waals surface area contributed by atoms with Crippen LogP contribution in [0.2, 0.25) is 0 Å². The molecule has 27 heavy (non-hydrogen) atoms. The fourth-order valence-corrected chi connectivity index (χ4v) is 2.92. The van der Waals surface area contributed by atoms with Crippen molar-refractivity contribution in [3.63, 3.8) is 0 Å². The maximum absolute atomic E-state index is 12.5. The Morgan fingerprint density at radius 2 is 1.96 bits per heavy atom. The summed E-state index contributed by atoms with van der Waals surface area (Å²) < 4.78 is 6.82. The minimum Gasteiger partial charge on any atom is -0.398 e. The van der Waals surface area contributed by atoms with E-state index in [9.17, 15) is 4.79 Å². The molecule has 1 aliphatic heterocycles. The Labute approximate surface area is 164 Å². The van der Waals surface area contributed by atoms with Crippen LogP contribution in [0, 0.1) is 0 Å². The molecule has 1 aliphatic rings. The predicted molar refractivity (Wildman–Crippen MR) is 112 cm³/mol. The number of halogens is 1. The Morgan fingerprint density at radius 1 is 1.26 bits per heavy atom. The lowest BCUT2D eigenvalue weighted by atomic mass is 10.0. The second-order valence-corrected chi connectivity index (χ2v) is 6.28. The van der Waals surface area contributed by atoms with E-state index < -0.39 is 0 Å². The normalized spacial score (nSPS) is 15.7. The summed E-state index contributed by atoms with van der Waals surface area (Å²) in [4.78, 5) is 21.1. The zero-order chi connectivity index (χ0) is 18.5. The van der Waals surface area contributed by atoms with Gasteiger partial charge in [-0.3, -0.25) is 4.79 Å². The molecule has 1 aromatic carbocycles. The molecule has 0 amide bonds. The largest absolute Gasteiger partial charge is 0.398 e. The van der Waals surface area contributed by atoms with Crippen molar-refractivity contribution < 1.29 is 4.74 Å². The van der Waals surface area contributed by atoms with Crippen LogP contribution in [0.3, 0.4) is 0 Å². The summed E-state index contributed by atoms with van der Waals surface area (Å²) in [7, 11) is 1.70. The lowest BCUT2D eigenvalue weighted by molar-refractivity contribution is 0.0871. The molecule has 1 fully saturated rings. The van der Waals surface area contributed by atoms with E-state index in [0.29, 0.717) is 30.0 Å². The maximum atomic E-state index is 12.5. The van der Waals surface area contributed by atoms with Crippen molar-refractivity contribution in [3.05, 3.63) is 52.4 Å². The first-order valence-corrected chi connectivity index (χ1v) is 8.55. The number of hydrogen-bond donors (Lipinski definition) is 2.